The Bertz CT molecular complexity index is 981. The van der Waals surface area contributed by atoms with Crippen molar-refractivity contribution in [2.75, 3.05) is 5.32 Å². The molecule has 0 bridgehead atoms. The van der Waals surface area contributed by atoms with E-state index in [9.17, 15) is 4.79 Å². The minimum Gasteiger partial charge on any atom is -0.311 e. The highest BCUT2D eigenvalue weighted by molar-refractivity contribution is 5.94. The van der Waals surface area contributed by atoms with Gasteiger partial charge in [-0.25, -0.2) is 14.2 Å². The summed E-state index contributed by atoms with van der Waals surface area (Å²) in [6.07, 6.45) is 9.94. The molecule has 1 atom stereocenters. The number of hydrogen-bond donors (Lipinski definition) is 1. The van der Waals surface area contributed by atoms with E-state index in [2.05, 4.69) is 27.0 Å². The van der Waals surface area contributed by atoms with Crippen molar-refractivity contribution in [1.29, 1.82) is 0 Å². The van der Waals surface area contributed by atoms with Gasteiger partial charge in [-0.3, -0.25) is 4.79 Å². The van der Waals surface area contributed by atoms with Crippen LogP contribution in [0, 0.1) is 6.92 Å². The van der Waals surface area contributed by atoms with Crippen molar-refractivity contribution in [3.8, 4) is 0 Å². The van der Waals surface area contributed by atoms with E-state index in [0.717, 1.165) is 41.1 Å². The SMILES string of the molecule is Cc1nn(C2CCCCC2)c2c1C(c1ccn3ncnc3c1)CC(=O)N2. The molecule has 3 aromatic heterocycles. The van der Waals surface area contributed by atoms with E-state index >= 15 is 0 Å². The first kappa shape index (κ1) is 15.5. The summed E-state index contributed by atoms with van der Waals surface area (Å²) in [7, 11) is 0. The van der Waals surface area contributed by atoms with E-state index in [4.69, 9.17) is 5.10 Å². The summed E-state index contributed by atoms with van der Waals surface area (Å²) in [6.45, 7) is 2.05. The Morgan fingerprint density at radius 2 is 2.08 bits per heavy atom. The molecular weight excluding hydrogens is 328 g/mol. The lowest BCUT2D eigenvalue weighted by Gasteiger charge is -2.28. The molecule has 1 fully saturated rings. The van der Waals surface area contributed by atoms with E-state index in [1.807, 2.05) is 18.3 Å². The van der Waals surface area contributed by atoms with Gasteiger partial charge in [-0.1, -0.05) is 19.3 Å². The molecule has 0 radical (unpaired) electrons. The highest BCUT2D eigenvalue weighted by Crippen LogP contribution is 2.42. The molecule has 7 heteroatoms. The van der Waals surface area contributed by atoms with Gasteiger partial charge in [-0.15, -0.1) is 0 Å². The number of pyridine rings is 1. The van der Waals surface area contributed by atoms with Crippen LogP contribution in [0.4, 0.5) is 5.82 Å². The predicted molar refractivity (Wildman–Crippen MR) is 97.2 cm³/mol. The van der Waals surface area contributed by atoms with Gasteiger partial charge in [0.15, 0.2) is 5.65 Å². The van der Waals surface area contributed by atoms with Crippen LogP contribution in [0.1, 0.15) is 67.3 Å². The van der Waals surface area contributed by atoms with Crippen molar-refractivity contribution in [3.05, 3.63) is 41.5 Å². The number of carbonyl (C=O) groups is 1. The quantitative estimate of drug-likeness (QED) is 0.770. The normalized spacial score (nSPS) is 21.0. The number of aryl methyl sites for hydroxylation is 1. The summed E-state index contributed by atoms with van der Waals surface area (Å²) in [5, 5.41) is 12.1. The van der Waals surface area contributed by atoms with Crippen LogP contribution in [0.2, 0.25) is 0 Å². The Kier molecular flexibility index (Phi) is 3.55. The molecule has 1 N–H and O–H groups in total. The van der Waals surface area contributed by atoms with Crippen molar-refractivity contribution < 1.29 is 4.79 Å². The van der Waals surface area contributed by atoms with Crippen LogP contribution in [0.25, 0.3) is 5.65 Å². The molecule has 1 saturated carbocycles. The standard InChI is InChI=1S/C19H22N6O/c1-12-18-15(13-7-8-24-16(9-13)20-11-21-24)10-17(26)22-19(18)25(23-12)14-5-3-2-4-6-14/h7-9,11,14-15H,2-6,10H2,1H3,(H,22,26). The van der Waals surface area contributed by atoms with Gasteiger partial charge < -0.3 is 5.32 Å². The smallest absolute Gasteiger partial charge is 0.226 e. The van der Waals surface area contributed by atoms with Crippen LogP contribution in [0.15, 0.2) is 24.7 Å². The zero-order chi connectivity index (χ0) is 17.7. The Balaban J connectivity index is 1.61. The van der Waals surface area contributed by atoms with Gasteiger partial charge in [0.1, 0.15) is 12.1 Å². The molecule has 1 aliphatic heterocycles. The number of nitrogens with one attached hydrogen (secondary N) is 1. The van der Waals surface area contributed by atoms with Gasteiger partial charge in [0, 0.05) is 24.1 Å². The summed E-state index contributed by atoms with van der Waals surface area (Å²) in [4.78, 5) is 16.8. The van der Waals surface area contributed by atoms with E-state index in [1.165, 1.54) is 19.3 Å². The topological polar surface area (TPSA) is 77.1 Å². The molecular formula is C19H22N6O. The molecule has 1 amide bonds. The van der Waals surface area contributed by atoms with Gasteiger partial charge in [0.25, 0.3) is 0 Å². The van der Waals surface area contributed by atoms with Crippen molar-refractivity contribution in [2.45, 2.75) is 57.4 Å². The second-order valence-corrected chi connectivity index (χ2v) is 7.41. The fraction of sp³-hybridized carbons (Fsp3) is 0.474. The van der Waals surface area contributed by atoms with E-state index < -0.39 is 0 Å². The monoisotopic (exact) mass is 350 g/mol. The minimum absolute atomic E-state index is 0.0118. The summed E-state index contributed by atoms with van der Waals surface area (Å²) in [5.74, 6) is 0.968. The van der Waals surface area contributed by atoms with Crippen LogP contribution in [-0.4, -0.2) is 30.3 Å². The van der Waals surface area contributed by atoms with Crippen molar-refractivity contribution in [1.82, 2.24) is 24.4 Å². The van der Waals surface area contributed by atoms with E-state index in [1.54, 1.807) is 10.8 Å². The lowest BCUT2D eigenvalue weighted by Crippen LogP contribution is -2.26. The molecule has 134 valence electrons. The third-order valence-corrected chi connectivity index (χ3v) is 5.76. The van der Waals surface area contributed by atoms with Gasteiger partial charge in [0.05, 0.1) is 11.7 Å². The summed E-state index contributed by atoms with van der Waals surface area (Å²) in [6, 6.07) is 4.45. The lowest BCUT2D eigenvalue weighted by molar-refractivity contribution is -0.116. The Morgan fingerprint density at radius 3 is 2.92 bits per heavy atom. The number of carbonyl (C=O) groups excluding carboxylic acids is 1. The Labute approximate surface area is 151 Å². The lowest BCUT2D eigenvalue weighted by atomic mass is 9.86. The first-order valence-electron chi connectivity index (χ1n) is 9.39. The number of hydrogen-bond acceptors (Lipinski definition) is 4. The number of amides is 1. The zero-order valence-electron chi connectivity index (χ0n) is 14.9. The third-order valence-electron chi connectivity index (χ3n) is 5.76. The predicted octanol–water partition coefficient (Wildman–Crippen LogP) is 3.21. The van der Waals surface area contributed by atoms with Gasteiger partial charge in [0.2, 0.25) is 5.91 Å². The minimum atomic E-state index is 0.0118. The van der Waals surface area contributed by atoms with Crippen LogP contribution < -0.4 is 5.32 Å². The maximum atomic E-state index is 12.5. The third kappa shape index (κ3) is 2.41. The Hall–Kier alpha value is -2.70. The highest BCUT2D eigenvalue weighted by Gasteiger charge is 2.34. The van der Waals surface area contributed by atoms with Gasteiger partial charge >= 0.3 is 0 Å². The number of aromatic nitrogens is 5. The van der Waals surface area contributed by atoms with Crippen LogP contribution in [0.5, 0.6) is 0 Å². The van der Waals surface area contributed by atoms with Crippen molar-refractivity contribution in [2.24, 2.45) is 0 Å². The first-order chi connectivity index (χ1) is 12.7. The summed E-state index contributed by atoms with van der Waals surface area (Å²) < 4.78 is 3.83. The molecule has 2 aliphatic rings. The summed E-state index contributed by atoms with van der Waals surface area (Å²) >= 11 is 0. The molecule has 1 unspecified atom stereocenters. The van der Waals surface area contributed by atoms with E-state index in [0.29, 0.717) is 12.5 Å². The van der Waals surface area contributed by atoms with Gasteiger partial charge in [-0.05, 0) is 37.5 Å². The number of fused-ring (bicyclic) bond motifs is 2. The van der Waals surface area contributed by atoms with E-state index in [-0.39, 0.29) is 11.8 Å². The average Bonchev–Trinajstić information content (AvgIpc) is 3.25. The molecule has 3 aromatic rings. The highest BCUT2D eigenvalue weighted by atomic mass is 16.1. The molecule has 0 saturated heterocycles. The molecule has 0 aromatic carbocycles. The fourth-order valence-electron chi connectivity index (χ4n) is 4.49. The Morgan fingerprint density at radius 1 is 1.23 bits per heavy atom. The number of nitrogens with zero attached hydrogens (tertiary/aromatic N) is 5. The number of anilines is 1. The second kappa shape index (κ2) is 5.93. The van der Waals surface area contributed by atoms with Crippen LogP contribution in [-0.2, 0) is 4.79 Å². The first-order valence-corrected chi connectivity index (χ1v) is 9.39. The molecule has 0 spiro atoms. The van der Waals surface area contributed by atoms with Gasteiger partial charge in [-0.2, -0.15) is 10.2 Å². The van der Waals surface area contributed by atoms with Crippen LogP contribution in [0.3, 0.4) is 0 Å². The zero-order valence-corrected chi connectivity index (χ0v) is 14.9. The van der Waals surface area contributed by atoms with Crippen molar-refractivity contribution in [3.63, 3.8) is 0 Å². The fourth-order valence-corrected chi connectivity index (χ4v) is 4.49. The molecule has 5 rings (SSSR count). The summed E-state index contributed by atoms with van der Waals surface area (Å²) in [5.41, 5.74) is 4.05. The largest absolute Gasteiger partial charge is 0.311 e. The molecule has 26 heavy (non-hydrogen) atoms. The average molecular weight is 350 g/mol. The molecule has 7 nitrogen and oxygen atoms in total. The molecule has 4 heterocycles. The maximum Gasteiger partial charge on any atom is 0.226 e. The number of rotatable bonds is 2. The second-order valence-electron chi connectivity index (χ2n) is 7.41. The molecule has 1 aliphatic carbocycles. The van der Waals surface area contributed by atoms with Crippen LogP contribution >= 0.6 is 0 Å². The maximum absolute atomic E-state index is 12.5. The van der Waals surface area contributed by atoms with Crippen molar-refractivity contribution >= 4 is 17.4 Å².